The van der Waals surface area contributed by atoms with E-state index in [4.69, 9.17) is 12.2 Å². The molecule has 1 N–H and O–H groups in total. The molecule has 3 aromatic rings. The highest BCUT2D eigenvalue weighted by Crippen LogP contribution is 2.32. The lowest BCUT2D eigenvalue weighted by Gasteiger charge is -2.39. The highest BCUT2D eigenvalue weighted by molar-refractivity contribution is 7.80. The van der Waals surface area contributed by atoms with Crippen molar-refractivity contribution >= 4 is 23.0 Å². The molecule has 0 saturated carbocycles. The Hall–Kier alpha value is -2.66. The maximum Gasteiger partial charge on any atom is 0.174 e. The second-order valence-electron chi connectivity index (χ2n) is 6.69. The predicted octanol–water partition coefficient (Wildman–Crippen LogP) is 4.30. The van der Waals surface area contributed by atoms with Crippen molar-refractivity contribution < 1.29 is 0 Å². The van der Waals surface area contributed by atoms with E-state index in [0.717, 1.165) is 29.5 Å². The van der Waals surface area contributed by atoms with Crippen LogP contribution >= 0.6 is 12.2 Å². The molecule has 132 valence electrons. The van der Waals surface area contributed by atoms with Gasteiger partial charge in [0.2, 0.25) is 0 Å². The summed E-state index contributed by atoms with van der Waals surface area (Å²) in [5, 5.41) is 4.22. The van der Waals surface area contributed by atoms with Gasteiger partial charge < -0.3 is 14.8 Å². The lowest BCUT2D eigenvalue weighted by atomic mass is 10.0. The van der Waals surface area contributed by atoms with Gasteiger partial charge in [0.1, 0.15) is 0 Å². The smallest absolute Gasteiger partial charge is 0.174 e. The molecule has 5 heteroatoms. The number of pyridine rings is 1. The number of aryl methyl sites for hydroxylation is 1. The van der Waals surface area contributed by atoms with Gasteiger partial charge in [0.25, 0.3) is 0 Å². The van der Waals surface area contributed by atoms with E-state index in [2.05, 4.69) is 76.2 Å². The molecule has 1 aliphatic rings. The largest absolute Gasteiger partial charge is 0.348 e. The average molecular weight is 363 g/mol. The summed E-state index contributed by atoms with van der Waals surface area (Å²) in [4.78, 5) is 6.59. The van der Waals surface area contributed by atoms with Crippen LogP contribution in [0.25, 0.3) is 0 Å². The number of aromatic nitrogens is 2. The van der Waals surface area contributed by atoms with Gasteiger partial charge in [-0.25, -0.2) is 0 Å². The predicted molar refractivity (Wildman–Crippen MR) is 109 cm³/mol. The monoisotopic (exact) mass is 362 g/mol. The molecule has 1 aliphatic heterocycles. The highest BCUT2D eigenvalue weighted by Gasteiger charge is 2.30. The van der Waals surface area contributed by atoms with E-state index in [-0.39, 0.29) is 6.04 Å². The minimum absolute atomic E-state index is 0.0672. The summed E-state index contributed by atoms with van der Waals surface area (Å²) in [7, 11) is 0. The van der Waals surface area contributed by atoms with E-state index in [1.807, 2.05) is 18.5 Å². The van der Waals surface area contributed by atoms with Crippen LogP contribution < -0.4 is 5.32 Å². The first kappa shape index (κ1) is 16.8. The molecule has 4 rings (SSSR count). The standard InChI is InChI=1S/C21H22N4S/c1-15-6-3-8-18(16(15)2)23-21(26)25-13-12-24-11-5-9-19(24)20(25)17-7-4-10-22-14-17/h3-11,14,20H,12-13H2,1-2H3,(H,23,26)/t20-/m0/s1. The normalized spacial score (nSPS) is 16.2. The third-order valence-electron chi connectivity index (χ3n) is 5.15. The Morgan fingerprint density at radius 2 is 2.00 bits per heavy atom. The minimum Gasteiger partial charge on any atom is -0.348 e. The SMILES string of the molecule is Cc1cccc(NC(=S)N2CCn3cccc3[C@@H]2c2cccnc2)c1C. The molecule has 1 aromatic carbocycles. The molecule has 0 bridgehead atoms. The average Bonchev–Trinajstić information content (AvgIpc) is 3.14. The number of rotatable bonds is 2. The zero-order valence-electron chi connectivity index (χ0n) is 15.0. The van der Waals surface area contributed by atoms with Crippen LogP contribution in [0.3, 0.4) is 0 Å². The molecule has 26 heavy (non-hydrogen) atoms. The molecular formula is C21H22N4S. The second-order valence-corrected chi connectivity index (χ2v) is 7.07. The van der Waals surface area contributed by atoms with Crippen LogP contribution in [0, 0.1) is 13.8 Å². The summed E-state index contributed by atoms with van der Waals surface area (Å²) in [6.45, 7) is 6.03. The van der Waals surface area contributed by atoms with Crippen LogP contribution in [-0.4, -0.2) is 26.1 Å². The number of thiocarbonyl (C=S) groups is 1. The van der Waals surface area contributed by atoms with E-state index in [0.29, 0.717) is 0 Å². The van der Waals surface area contributed by atoms with Gasteiger partial charge in [0, 0.05) is 43.1 Å². The Labute approximate surface area is 159 Å². The number of nitrogens with one attached hydrogen (secondary N) is 1. The summed E-state index contributed by atoms with van der Waals surface area (Å²) in [6.07, 6.45) is 5.88. The van der Waals surface area contributed by atoms with Gasteiger partial charge in [-0.1, -0.05) is 18.2 Å². The van der Waals surface area contributed by atoms with Crippen LogP contribution in [0.15, 0.2) is 61.1 Å². The van der Waals surface area contributed by atoms with Gasteiger partial charge >= 0.3 is 0 Å². The summed E-state index contributed by atoms with van der Waals surface area (Å²) >= 11 is 5.82. The zero-order valence-corrected chi connectivity index (χ0v) is 15.8. The van der Waals surface area contributed by atoms with Crippen molar-refractivity contribution in [1.82, 2.24) is 14.5 Å². The van der Waals surface area contributed by atoms with Gasteiger partial charge in [-0.05, 0) is 67.0 Å². The second kappa shape index (κ2) is 6.92. The Morgan fingerprint density at radius 3 is 2.81 bits per heavy atom. The fourth-order valence-corrected chi connectivity index (χ4v) is 3.87. The maximum atomic E-state index is 5.82. The van der Waals surface area contributed by atoms with Gasteiger partial charge in [0.05, 0.1) is 6.04 Å². The number of fused-ring (bicyclic) bond motifs is 1. The van der Waals surface area contributed by atoms with Gasteiger partial charge in [-0.3, -0.25) is 4.98 Å². The number of hydrogen-bond acceptors (Lipinski definition) is 2. The Bertz CT molecular complexity index is 932. The summed E-state index contributed by atoms with van der Waals surface area (Å²) in [5.74, 6) is 0. The third-order valence-corrected chi connectivity index (χ3v) is 5.48. The molecule has 0 fully saturated rings. The van der Waals surface area contributed by atoms with Crippen LogP contribution in [0.5, 0.6) is 0 Å². The van der Waals surface area contributed by atoms with Crippen molar-refractivity contribution in [2.24, 2.45) is 0 Å². The molecule has 0 radical (unpaired) electrons. The number of anilines is 1. The molecular weight excluding hydrogens is 340 g/mol. The van der Waals surface area contributed by atoms with Gasteiger partial charge in [-0.15, -0.1) is 0 Å². The van der Waals surface area contributed by atoms with Crippen molar-refractivity contribution in [2.45, 2.75) is 26.4 Å². The zero-order chi connectivity index (χ0) is 18.1. The van der Waals surface area contributed by atoms with Crippen LogP contribution in [0.1, 0.15) is 28.4 Å². The van der Waals surface area contributed by atoms with E-state index in [1.165, 1.54) is 16.8 Å². The van der Waals surface area contributed by atoms with Crippen molar-refractivity contribution in [2.75, 3.05) is 11.9 Å². The summed E-state index contributed by atoms with van der Waals surface area (Å²) in [5.41, 5.74) is 5.95. The molecule has 0 unspecified atom stereocenters. The number of hydrogen-bond donors (Lipinski definition) is 1. The first-order chi connectivity index (χ1) is 12.6. The number of nitrogens with zero attached hydrogens (tertiary/aromatic N) is 3. The summed E-state index contributed by atoms with van der Waals surface area (Å²) in [6, 6.07) is 14.7. The molecule has 0 spiro atoms. The van der Waals surface area contributed by atoms with Gasteiger partial charge in [-0.2, -0.15) is 0 Å². The van der Waals surface area contributed by atoms with Crippen molar-refractivity contribution in [3.8, 4) is 0 Å². The van der Waals surface area contributed by atoms with Crippen molar-refractivity contribution in [3.63, 3.8) is 0 Å². The minimum atomic E-state index is 0.0672. The fraction of sp³-hybridized carbons (Fsp3) is 0.238. The lowest BCUT2D eigenvalue weighted by molar-refractivity contribution is 0.293. The Balaban J connectivity index is 1.68. The maximum absolute atomic E-state index is 5.82. The van der Waals surface area contributed by atoms with Crippen LogP contribution in [-0.2, 0) is 6.54 Å². The highest BCUT2D eigenvalue weighted by atomic mass is 32.1. The Kier molecular flexibility index (Phi) is 4.47. The van der Waals surface area contributed by atoms with Crippen LogP contribution in [0.4, 0.5) is 5.69 Å². The van der Waals surface area contributed by atoms with E-state index in [9.17, 15) is 0 Å². The molecule has 2 aromatic heterocycles. The molecule has 4 nitrogen and oxygen atoms in total. The molecule has 0 aliphatic carbocycles. The van der Waals surface area contributed by atoms with E-state index >= 15 is 0 Å². The first-order valence-electron chi connectivity index (χ1n) is 8.84. The summed E-state index contributed by atoms with van der Waals surface area (Å²) < 4.78 is 2.30. The first-order valence-corrected chi connectivity index (χ1v) is 9.25. The molecule has 3 heterocycles. The third kappa shape index (κ3) is 2.99. The molecule has 0 saturated heterocycles. The van der Waals surface area contributed by atoms with E-state index < -0.39 is 0 Å². The van der Waals surface area contributed by atoms with Crippen LogP contribution in [0.2, 0.25) is 0 Å². The fourth-order valence-electron chi connectivity index (χ4n) is 3.56. The van der Waals surface area contributed by atoms with Crippen molar-refractivity contribution in [1.29, 1.82) is 0 Å². The molecule has 1 atom stereocenters. The molecule has 0 amide bonds. The van der Waals surface area contributed by atoms with Crippen molar-refractivity contribution in [3.05, 3.63) is 83.4 Å². The number of benzene rings is 1. The quantitative estimate of drug-likeness (QED) is 0.689. The lowest BCUT2D eigenvalue weighted by Crippen LogP contribution is -2.44. The van der Waals surface area contributed by atoms with E-state index in [1.54, 1.807) is 0 Å². The van der Waals surface area contributed by atoms with Gasteiger partial charge in [0.15, 0.2) is 5.11 Å². The topological polar surface area (TPSA) is 33.1 Å². The Morgan fingerprint density at radius 1 is 1.12 bits per heavy atom.